The van der Waals surface area contributed by atoms with Crippen LogP contribution in [0.25, 0.3) is 0 Å². The maximum absolute atomic E-state index is 11.1. The van der Waals surface area contributed by atoms with Crippen molar-refractivity contribution in [1.82, 2.24) is 4.98 Å². The van der Waals surface area contributed by atoms with E-state index in [2.05, 4.69) is 24.1 Å². The SMILES string of the molecule is Cc1cc(C(N)=O)cc(NCC(N)C(C)C)n1. The number of nitrogens with two attached hydrogens (primary N) is 2. The summed E-state index contributed by atoms with van der Waals surface area (Å²) in [6.45, 7) is 6.56. The standard InChI is InChI=1S/C12H20N4O/c1-7(2)10(13)6-15-11-5-9(12(14)17)4-8(3)16-11/h4-5,7,10H,6,13H2,1-3H3,(H2,14,17)(H,15,16). The van der Waals surface area contributed by atoms with Gasteiger partial charge in [0.2, 0.25) is 5.91 Å². The van der Waals surface area contributed by atoms with Crippen molar-refractivity contribution in [2.75, 3.05) is 11.9 Å². The van der Waals surface area contributed by atoms with Gasteiger partial charge in [-0.2, -0.15) is 0 Å². The Morgan fingerprint density at radius 2 is 2.12 bits per heavy atom. The highest BCUT2D eigenvalue weighted by Gasteiger charge is 2.09. The van der Waals surface area contributed by atoms with Gasteiger partial charge in [-0.1, -0.05) is 13.8 Å². The fraction of sp³-hybridized carbons (Fsp3) is 0.500. The maximum atomic E-state index is 11.1. The fourth-order valence-electron chi connectivity index (χ4n) is 1.36. The summed E-state index contributed by atoms with van der Waals surface area (Å²) in [5.41, 5.74) is 12.4. The molecular formula is C12H20N4O. The van der Waals surface area contributed by atoms with Crippen LogP contribution in [0.4, 0.5) is 5.82 Å². The van der Waals surface area contributed by atoms with Crippen molar-refractivity contribution in [2.24, 2.45) is 17.4 Å². The zero-order valence-electron chi connectivity index (χ0n) is 10.5. The number of nitrogens with zero attached hydrogens (tertiary/aromatic N) is 1. The van der Waals surface area contributed by atoms with Crippen molar-refractivity contribution < 1.29 is 4.79 Å². The number of aromatic nitrogens is 1. The van der Waals surface area contributed by atoms with Gasteiger partial charge in [0.25, 0.3) is 0 Å². The Kier molecular flexibility index (Phi) is 4.45. The third kappa shape index (κ3) is 4.03. The highest BCUT2D eigenvalue weighted by Crippen LogP contribution is 2.10. The lowest BCUT2D eigenvalue weighted by molar-refractivity contribution is 0.1000. The number of carbonyl (C=O) groups excluding carboxylic acids is 1. The van der Waals surface area contributed by atoms with Gasteiger partial charge < -0.3 is 16.8 Å². The van der Waals surface area contributed by atoms with E-state index in [-0.39, 0.29) is 6.04 Å². The largest absolute Gasteiger partial charge is 0.368 e. The zero-order chi connectivity index (χ0) is 13.0. The van der Waals surface area contributed by atoms with Crippen molar-refractivity contribution in [3.05, 3.63) is 23.4 Å². The second-order valence-electron chi connectivity index (χ2n) is 4.54. The minimum atomic E-state index is -0.452. The Balaban J connectivity index is 2.74. The average Bonchev–Trinajstić information content (AvgIpc) is 2.24. The first-order valence-electron chi connectivity index (χ1n) is 5.68. The molecular weight excluding hydrogens is 216 g/mol. The first-order valence-corrected chi connectivity index (χ1v) is 5.68. The van der Waals surface area contributed by atoms with Crippen LogP contribution in [0.1, 0.15) is 29.9 Å². The number of carbonyl (C=O) groups is 1. The number of nitrogens with one attached hydrogen (secondary N) is 1. The predicted octanol–water partition coefficient (Wildman–Crippen LogP) is 0.884. The minimum Gasteiger partial charge on any atom is -0.368 e. The summed E-state index contributed by atoms with van der Waals surface area (Å²) in [5, 5.41) is 3.12. The number of hydrogen-bond acceptors (Lipinski definition) is 4. The number of hydrogen-bond donors (Lipinski definition) is 3. The fourth-order valence-corrected chi connectivity index (χ4v) is 1.36. The van der Waals surface area contributed by atoms with E-state index in [0.717, 1.165) is 5.69 Å². The van der Waals surface area contributed by atoms with E-state index in [1.807, 2.05) is 6.92 Å². The molecule has 0 fully saturated rings. The molecule has 1 aromatic rings. The number of rotatable bonds is 5. The number of amides is 1. The van der Waals surface area contributed by atoms with Crippen LogP contribution in [-0.4, -0.2) is 23.5 Å². The van der Waals surface area contributed by atoms with Crippen molar-refractivity contribution in [1.29, 1.82) is 0 Å². The van der Waals surface area contributed by atoms with E-state index in [4.69, 9.17) is 11.5 Å². The second kappa shape index (κ2) is 5.63. The molecule has 1 aromatic heterocycles. The molecule has 17 heavy (non-hydrogen) atoms. The van der Waals surface area contributed by atoms with Crippen LogP contribution in [-0.2, 0) is 0 Å². The molecule has 1 atom stereocenters. The molecule has 5 N–H and O–H groups in total. The quantitative estimate of drug-likeness (QED) is 0.707. The van der Waals surface area contributed by atoms with Crippen molar-refractivity contribution >= 4 is 11.7 Å². The Morgan fingerprint density at radius 1 is 1.47 bits per heavy atom. The van der Waals surface area contributed by atoms with Crippen molar-refractivity contribution in [2.45, 2.75) is 26.8 Å². The summed E-state index contributed by atoms with van der Waals surface area (Å²) in [6, 6.07) is 3.35. The lowest BCUT2D eigenvalue weighted by Crippen LogP contribution is -2.34. The maximum Gasteiger partial charge on any atom is 0.248 e. The molecule has 0 bridgehead atoms. The molecule has 0 radical (unpaired) electrons. The Hall–Kier alpha value is -1.62. The van der Waals surface area contributed by atoms with Gasteiger partial charge >= 0.3 is 0 Å². The van der Waals surface area contributed by atoms with Crippen LogP contribution in [0.3, 0.4) is 0 Å². The summed E-state index contributed by atoms with van der Waals surface area (Å²) in [5.74, 6) is 0.574. The highest BCUT2D eigenvalue weighted by atomic mass is 16.1. The normalized spacial score (nSPS) is 12.5. The van der Waals surface area contributed by atoms with Crippen LogP contribution in [0.15, 0.2) is 12.1 Å². The first kappa shape index (κ1) is 13.4. The molecule has 1 heterocycles. The molecule has 5 nitrogen and oxygen atoms in total. The number of pyridine rings is 1. The molecule has 1 unspecified atom stereocenters. The predicted molar refractivity (Wildman–Crippen MR) is 68.8 cm³/mol. The molecule has 5 heteroatoms. The lowest BCUT2D eigenvalue weighted by Gasteiger charge is -2.16. The number of aryl methyl sites for hydroxylation is 1. The lowest BCUT2D eigenvalue weighted by atomic mass is 10.1. The monoisotopic (exact) mass is 236 g/mol. The molecule has 0 spiro atoms. The molecule has 0 aliphatic carbocycles. The second-order valence-corrected chi connectivity index (χ2v) is 4.54. The van der Waals surface area contributed by atoms with Crippen LogP contribution in [0.5, 0.6) is 0 Å². The molecule has 1 amide bonds. The van der Waals surface area contributed by atoms with E-state index in [1.54, 1.807) is 12.1 Å². The summed E-state index contributed by atoms with van der Waals surface area (Å²) in [6.07, 6.45) is 0. The summed E-state index contributed by atoms with van der Waals surface area (Å²) >= 11 is 0. The minimum absolute atomic E-state index is 0.0503. The molecule has 0 aromatic carbocycles. The highest BCUT2D eigenvalue weighted by molar-refractivity contribution is 5.93. The van der Waals surface area contributed by atoms with Gasteiger partial charge in [-0.3, -0.25) is 4.79 Å². The van der Waals surface area contributed by atoms with E-state index >= 15 is 0 Å². The van der Waals surface area contributed by atoms with Crippen molar-refractivity contribution in [3.63, 3.8) is 0 Å². The average molecular weight is 236 g/mol. The third-order valence-electron chi connectivity index (χ3n) is 2.61. The van der Waals surface area contributed by atoms with Gasteiger partial charge in [0.05, 0.1) is 0 Å². The summed E-state index contributed by atoms with van der Waals surface area (Å²) in [4.78, 5) is 15.4. The van der Waals surface area contributed by atoms with Crippen LogP contribution in [0.2, 0.25) is 0 Å². The van der Waals surface area contributed by atoms with Crippen LogP contribution < -0.4 is 16.8 Å². The van der Waals surface area contributed by atoms with E-state index in [1.165, 1.54) is 0 Å². The Bertz CT molecular complexity index is 403. The first-order chi connectivity index (χ1) is 7.90. The molecule has 0 saturated carbocycles. The van der Waals surface area contributed by atoms with Crippen LogP contribution >= 0.6 is 0 Å². The molecule has 0 aliphatic rings. The van der Waals surface area contributed by atoms with Crippen molar-refractivity contribution in [3.8, 4) is 0 Å². The summed E-state index contributed by atoms with van der Waals surface area (Å²) in [7, 11) is 0. The van der Waals surface area contributed by atoms with Gasteiger partial charge in [0, 0.05) is 23.8 Å². The van der Waals surface area contributed by atoms with Gasteiger partial charge in [0.15, 0.2) is 0 Å². The molecule has 0 aliphatic heterocycles. The van der Waals surface area contributed by atoms with Crippen LogP contribution in [0, 0.1) is 12.8 Å². The van der Waals surface area contributed by atoms with E-state index < -0.39 is 5.91 Å². The van der Waals surface area contributed by atoms with Gasteiger partial charge in [-0.15, -0.1) is 0 Å². The smallest absolute Gasteiger partial charge is 0.248 e. The van der Waals surface area contributed by atoms with E-state index in [0.29, 0.717) is 23.8 Å². The summed E-state index contributed by atoms with van der Waals surface area (Å²) < 4.78 is 0. The molecule has 1 rings (SSSR count). The van der Waals surface area contributed by atoms with E-state index in [9.17, 15) is 4.79 Å². The third-order valence-corrected chi connectivity index (χ3v) is 2.61. The Labute approximate surface area is 102 Å². The van der Waals surface area contributed by atoms with Gasteiger partial charge in [0.1, 0.15) is 5.82 Å². The Morgan fingerprint density at radius 3 is 2.65 bits per heavy atom. The molecule has 0 saturated heterocycles. The topological polar surface area (TPSA) is 94.0 Å². The number of anilines is 1. The zero-order valence-corrected chi connectivity index (χ0v) is 10.5. The number of primary amides is 1. The molecule has 94 valence electrons. The van der Waals surface area contributed by atoms with Gasteiger partial charge in [-0.05, 0) is 25.0 Å². The van der Waals surface area contributed by atoms with Gasteiger partial charge in [-0.25, -0.2) is 4.98 Å².